The van der Waals surface area contributed by atoms with E-state index in [1.807, 2.05) is 22.6 Å². The fourth-order valence-electron chi connectivity index (χ4n) is 7.34. The number of aryl methyl sites for hydroxylation is 2. The minimum absolute atomic E-state index is 0.0125. The van der Waals surface area contributed by atoms with Gasteiger partial charge < -0.3 is 28.6 Å². The Balaban J connectivity index is 1.33. The first-order valence-electron chi connectivity index (χ1n) is 15.8. The van der Waals surface area contributed by atoms with E-state index < -0.39 is 28.9 Å². The second kappa shape index (κ2) is 12.7. The number of rotatable bonds is 8. The number of hydrogen-bond donors (Lipinski definition) is 1. The molecule has 1 N–H and O–H groups in total. The summed E-state index contributed by atoms with van der Waals surface area (Å²) < 4.78 is 27.4. The van der Waals surface area contributed by atoms with E-state index in [9.17, 15) is 29.1 Å². The molecule has 2 atom stereocenters. The number of carbonyl (C=O) groups is 2. The van der Waals surface area contributed by atoms with Gasteiger partial charge in [-0.05, 0) is 28.2 Å². The highest BCUT2D eigenvalue weighted by atomic mass is 127. The van der Waals surface area contributed by atoms with Crippen LogP contribution < -0.4 is 35.9 Å². The average molecular weight is 810 g/mol. The normalized spacial score (nSPS) is 18.2. The Kier molecular flexibility index (Phi) is 8.51. The highest BCUT2D eigenvalue weighted by Gasteiger charge is 2.47. The number of ketones is 2. The van der Waals surface area contributed by atoms with E-state index in [4.69, 9.17) is 18.9 Å². The molecule has 0 saturated heterocycles. The van der Waals surface area contributed by atoms with Gasteiger partial charge in [0.25, 0.3) is 5.56 Å². The first-order valence-corrected chi connectivity index (χ1v) is 16.9. The third kappa shape index (κ3) is 5.22. The molecule has 2 aromatic heterocycles. The van der Waals surface area contributed by atoms with Gasteiger partial charge in [0.1, 0.15) is 22.9 Å². The van der Waals surface area contributed by atoms with Crippen molar-refractivity contribution in [2.75, 3.05) is 28.4 Å². The Morgan fingerprint density at radius 2 is 1.55 bits per heavy atom. The lowest BCUT2D eigenvalue weighted by molar-refractivity contribution is -0.115. The smallest absolute Gasteiger partial charge is 0.347 e. The molecule has 0 fully saturated rings. The number of hydrogen-bond acceptors (Lipinski definition) is 11. The topological polar surface area (TPSA) is 175 Å². The molecular weight excluding hydrogens is 777 g/mol. The van der Waals surface area contributed by atoms with Crippen LogP contribution >= 0.6 is 22.6 Å². The van der Waals surface area contributed by atoms with E-state index in [-0.39, 0.29) is 75.2 Å². The van der Waals surface area contributed by atoms with Crippen LogP contribution in [0.1, 0.15) is 29.6 Å². The van der Waals surface area contributed by atoms with Gasteiger partial charge in [0.05, 0.1) is 55.6 Å². The number of methoxy groups -OCH3 is 4. The van der Waals surface area contributed by atoms with E-state index in [1.165, 1.54) is 60.6 Å². The Morgan fingerprint density at radius 3 is 2.20 bits per heavy atom. The molecule has 3 aliphatic rings. The van der Waals surface area contributed by atoms with Crippen LogP contribution in [0.4, 0.5) is 0 Å². The quantitative estimate of drug-likeness (QED) is 0.157. The van der Waals surface area contributed by atoms with Gasteiger partial charge >= 0.3 is 11.4 Å². The van der Waals surface area contributed by atoms with Crippen LogP contribution in [0.3, 0.4) is 0 Å². The summed E-state index contributed by atoms with van der Waals surface area (Å²) in [6.07, 6.45) is 3.00. The molecule has 1 aliphatic heterocycles. The second-order valence-corrected chi connectivity index (χ2v) is 13.4. The van der Waals surface area contributed by atoms with Crippen LogP contribution in [0.2, 0.25) is 0 Å². The first-order chi connectivity index (χ1) is 24.4. The maximum Gasteiger partial charge on any atom is 0.347 e. The summed E-state index contributed by atoms with van der Waals surface area (Å²) in [7, 11) is 7.40. The summed E-state index contributed by atoms with van der Waals surface area (Å²) in [6, 6.07) is 5.24. The van der Waals surface area contributed by atoms with Gasteiger partial charge in [-0.15, -0.1) is 0 Å². The van der Waals surface area contributed by atoms with Crippen molar-refractivity contribution in [2.45, 2.75) is 37.9 Å². The van der Waals surface area contributed by atoms with Crippen LogP contribution in [-0.2, 0) is 36.1 Å². The van der Waals surface area contributed by atoms with Gasteiger partial charge in [-0.2, -0.15) is 0 Å². The Hall–Kier alpha value is -5.39. The van der Waals surface area contributed by atoms with Crippen LogP contribution in [0.5, 0.6) is 28.7 Å². The number of benzene rings is 2. The van der Waals surface area contributed by atoms with E-state index in [0.717, 1.165) is 4.57 Å². The number of allylic oxidation sites excluding steroid dienone is 6. The Labute approximate surface area is 302 Å². The number of fused-ring (bicyclic) bond motifs is 4. The number of aromatic nitrogens is 5. The summed E-state index contributed by atoms with van der Waals surface area (Å²) in [4.78, 5) is 73.3. The van der Waals surface area contributed by atoms with Gasteiger partial charge in [-0.25, -0.2) is 28.5 Å². The molecule has 15 nitrogen and oxygen atoms in total. The van der Waals surface area contributed by atoms with Crippen molar-refractivity contribution in [3.63, 3.8) is 0 Å². The number of phenolic OH excluding ortho intramolecular Hbond substituents is 1. The van der Waals surface area contributed by atoms with Gasteiger partial charge in [0, 0.05) is 79.4 Å². The lowest BCUT2D eigenvalue weighted by atomic mass is 9.68. The number of halogens is 1. The predicted octanol–water partition coefficient (Wildman–Crippen LogP) is 2.48. The molecule has 16 heteroatoms. The van der Waals surface area contributed by atoms with Crippen LogP contribution in [0.15, 0.2) is 71.1 Å². The number of aromatic hydroxyl groups is 1. The summed E-state index contributed by atoms with van der Waals surface area (Å²) in [6.45, 7) is -0.162. The van der Waals surface area contributed by atoms with Crippen molar-refractivity contribution in [3.8, 4) is 28.7 Å². The zero-order valence-corrected chi connectivity index (χ0v) is 30.3. The zero-order valence-electron chi connectivity index (χ0n) is 28.2. The molecule has 2 aromatic carbocycles. The SMILES string of the molecule is COc1cc2nc(CCn3c(=O)n4n(c3=O)[C@@H]3CC5=C(C(=O)C(I)=CC5=O)[C@@H](c5c(OC)cc(O)cc5OC)C3=CC4)c(=O)n(C)c2cc1OC. The summed E-state index contributed by atoms with van der Waals surface area (Å²) in [5.74, 6) is -0.486. The van der Waals surface area contributed by atoms with Gasteiger partial charge in [-0.3, -0.25) is 14.4 Å². The average Bonchev–Trinajstić information content (AvgIpc) is 3.37. The molecule has 7 rings (SSSR count). The molecular formula is C35H32IN5O10. The summed E-state index contributed by atoms with van der Waals surface area (Å²) in [5.41, 5.74) is 0.900. The van der Waals surface area contributed by atoms with Crippen LogP contribution in [0, 0.1) is 0 Å². The van der Waals surface area contributed by atoms with E-state index in [1.54, 1.807) is 25.3 Å². The van der Waals surface area contributed by atoms with Crippen molar-refractivity contribution in [1.82, 2.24) is 23.5 Å². The van der Waals surface area contributed by atoms with Crippen molar-refractivity contribution >= 4 is 45.2 Å². The van der Waals surface area contributed by atoms with Crippen LogP contribution in [-0.4, -0.2) is 68.6 Å². The lowest BCUT2D eigenvalue weighted by Crippen LogP contribution is -2.40. The third-order valence-electron chi connectivity index (χ3n) is 9.72. The fourth-order valence-corrected chi connectivity index (χ4v) is 7.91. The second-order valence-electron chi connectivity index (χ2n) is 12.2. The molecule has 0 amide bonds. The Morgan fingerprint density at radius 1 is 0.902 bits per heavy atom. The number of phenols is 1. The predicted molar refractivity (Wildman–Crippen MR) is 192 cm³/mol. The van der Waals surface area contributed by atoms with E-state index in [0.29, 0.717) is 33.7 Å². The zero-order chi connectivity index (χ0) is 36.5. The van der Waals surface area contributed by atoms with Crippen molar-refractivity contribution < 1.29 is 33.6 Å². The number of carbonyl (C=O) groups excluding carboxylic acids is 2. The van der Waals surface area contributed by atoms with Gasteiger partial charge in [0.2, 0.25) is 0 Å². The molecule has 51 heavy (non-hydrogen) atoms. The van der Waals surface area contributed by atoms with Gasteiger partial charge in [-0.1, -0.05) is 6.08 Å². The maximum absolute atomic E-state index is 14.2. The fraction of sp³-hybridized carbons (Fsp3) is 0.314. The molecule has 4 aromatic rings. The highest BCUT2D eigenvalue weighted by molar-refractivity contribution is 14.1. The number of Topliss-reactive ketones (excluding diaryl/α,β-unsaturated/α-hetero) is 1. The molecule has 3 heterocycles. The largest absolute Gasteiger partial charge is 0.508 e. The summed E-state index contributed by atoms with van der Waals surface area (Å²) in [5, 5.41) is 10.4. The van der Waals surface area contributed by atoms with Crippen LogP contribution in [0.25, 0.3) is 11.0 Å². The highest BCUT2D eigenvalue weighted by Crippen LogP contribution is 2.54. The molecule has 0 unspecified atom stereocenters. The standard InChI is InChI=1S/C35H32IN5O10/c1-38-23-15-26(49-3)25(48-2)14-21(23)37-20(33(38)45)7-8-39-34(46)40-9-6-17-22(41(40)35(39)47)12-18-24(43)13-19(36)32(44)30(18)29(17)31-27(50-4)10-16(42)11-28(31)51-5/h6,10-11,13-15,22,29,42H,7-9,12H2,1-5H3/t22-,29+/m1/s1. The molecule has 0 radical (unpaired) electrons. The molecule has 0 saturated carbocycles. The van der Waals surface area contributed by atoms with Crippen molar-refractivity contribution in [3.05, 3.63) is 99.3 Å². The molecule has 0 spiro atoms. The number of ether oxygens (including phenoxy) is 4. The van der Waals surface area contributed by atoms with Gasteiger partial charge in [0.15, 0.2) is 23.1 Å². The molecule has 2 aliphatic carbocycles. The molecule has 264 valence electrons. The number of nitrogens with zero attached hydrogens (tertiary/aromatic N) is 5. The van der Waals surface area contributed by atoms with Crippen molar-refractivity contribution in [2.24, 2.45) is 7.05 Å². The third-order valence-corrected chi connectivity index (χ3v) is 10.5. The van der Waals surface area contributed by atoms with E-state index >= 15 is 0 Å². The molecule has 0 bridgehead atoms. The minimum Gasteiger partial charge on any atom is -0.508 e. The first kappa shape index (κ1) is 34.1. The Bertz CT molecular complexity index is 2460. The van der Waals surface area contributed by atoms with E-state index in [2.05, 4.69) is 4.98 Å². The summed E-state index contributed by atoms with van der Waals surface area (Å²) >= 11 is 1.84. The van der Waals surface area contributed by atoms with Crippen molar-refractivity contribution in [1.29, 1.82) is 0 Å². The minimum atomic E-state index is -0.904. The monoisotopic (exact) mass is 809 g/mol. The maximum atomic E-state index is 14.2. The lowest BCUT2D eigenvalue weighted by Gasteiger charge is -2.40.